The lowest BCUT2D eigenvalue weighted by molar-refractivity contribution is 0.00367. The van der Waals surface area contributed by atoms with E-state index in [-0.39, 0.29) is 6.10 Å². The molecular weight excluding hydrogens is 260 g/mol. The molecular formula is C14H20N2O2S. The summed E-state index contributed by atoms with van der Waals surface area (Å²) in [6.45, 7) is 5.20. The highest BCUT2D eigenvalue weighted by molar-refractivity contribution is 7.80. The van der Waals surface area contributed by atoms with Crippen molar-refractivity contribution in [1.82, 2.24) is 4.90 Å². The second-order valence-electron chi connectivity index (χ2n) is 4.81. The quantitative estimate of drug-likeness (QED) is 0.847. The fraction of sp³-hybridized carbons (Fsp3) is 0.500. The number of nitrogens with zero attached hydrogens (tertiary/aromatic N) is 1. The van der Waals surface area contributed by atoms with E-state index in [1.54, 1.807) is 7.11 Å². The third-order valence-corrected chi connectivity index (χ3v) is 3.56. The lowest BCUT2D eigenvalue weighted by Crippen LogP contribution is -2.47. The van der Waals surface area contributed by atoms with Crippen LogP contribution in [0.4, 0.5) is 0 Å². The molecule has 104 valence electrons. The Kier molecular flexibility index (Phi) is 4.74. The third-order valence-electron chi connectivity index (χ3n) is 3.30. The van der Waals surface area contributed by atoms with Crippen LogP contribution in [0, 0.1) is 6.92 Å². The maximum absolute atomic E-state index is 5.66. The predicted molar refractivity (Wildman–Crippen MR) is 79.5 cm³/mol. The van der Waals surface area contributed by atoms with E-state index in [0.717, 1.165) is 25.4 Å². The largest absolute Gasteiger partial charge is 0.496 e. The highest BCUT2D eigenvalue weighted by atomic mass is 32.1. The van der Waals surface area contributed by atoms with Crippen molar-refractivity contribution in [2.45, 2.75) is 19.6 Å². The Morgan fingerprint density at radius 2 is 2.37 bits per heavy atom. The van der Waals surface area contributed by atoms with Crippen molar-refractivity contribution in [3.63, 3.8) is 0 Å². The number of methoxy groups -OCH3 is 1. The maximum atomic E-state index is 5.66. The Balaban J connectivity index is 2.08. The number of ether oxygens (including phenoxy) is 2. The van der Waals surface area contributed by atoms with Gasteiger partial charge in [0.15, 0.2) is 0 Å². The van der Waals surface area contributed by atoms with E-state index in [9.17, 15) is 0 Å². The number of aryl methyl sites for hydroxylation is 1. The molecule has 1 fully saturated rings. The van der Waals surface area contributed by atoms with Gasteiger partial charge in [0.2, 0.25) is 0 Å². The Bertz CT molecular complexity index is 465. The first-order valence-corrected chi connectivity index (χ1v) is 6.77. The fourth-order valence-electron chi connectivity index (χ4n) is 2.29. The summed E-state index contributed by atoms with van der Waals surface area (Å²) in [5.41, 5.74) is 8.08. The van der Waals surface area contributed by atoms with Crippen molar-refractivity contribution < 1.29 is 9.47 Å². The molecule has 1 aromatic carbocycles. The van der Waals surface area contributed by atoms with Gasteiger partial charge in [-0.25, -0.2) is 0 Å². The normalized spacial score (nSPS) is 20.2. The SMILES string of the molecule is COc1ccc(C)cc1CN1CCOC(C(N)=S)C1. The van der Waals surface area contributed by atoms with Gasteiger partial charge < -0.3 is 15.2 Å². The summed E-state index contributed by atoms with van der Waals surface area (Å²) in [5, 5.41) is 0. The molecule has 0 saturated carbocycles. The molecule has 0 radical (unpaired) electrons. The first-order valence-electron chi connectivity index (χ1n) is 6.37. The van der Waals surface area contributed by atoms with Gasteiger partial charge in [-0.05, 0) is 13.0 Å². The van der Waals surface area contributed by atoms with Gasteiger partial charge in [-0.3, -0.25) is 4.90 Å². The first kappa shape index (κ1) is 14.2. The van der Waals surface area contributed by atoms with Crippen molar-refractivity contribution in [3.05, 3.63) is 29.3 Å². The van der Waals surface area contributed by atoms with Crippen LogP contribution >= 0.6 is 12.2 Å². The highest BCUT2D eigenvalue weighted by Gasteiger charge is 2.23. The molecule has 0 aromatic heterocycles. The zero-order valence-electron chi connectivity index (χ0n) is 11.4. The zero-order chi connectivity index (χ0) is 13.8. The van der Waals surface area contributed by atoms with E-state index in [0.29, 0.717) is 11.6 Å². The van der Waals surface area contributed by atoms with Crippen LogP contribution < -0.4 is 10.5 Å². The topological polar surface area (TPSA) is 47.7 Å². The first-order chi connectivity index (χ1) is 9.10. The second kappa shape index (κ2) is 6.32. The summed E-state index contributed by atoms with van der Waals surface area (Å²) in [7, 11) is 1.70. The smallest absolute Gasteiger partial charge is 0.123 e. The minimum Gasteiger partial charge on any atom is -0.496 e. The van der Waals surface area contributed by atoms with Gasteiger partial charge in [0.1, 0.15) is 16.8 Å². The van der Waals surface area contributed by atoms with Crippen molar-refractivity contribution in [2.75, 3.05) is 26.8 Å². The van der Waals surface area contributed by atoms with Gasteiger partial charge >= 0.3 is 0 Å². The number of hydrogen-bond acceptors (Lipinski definition) is 4. The third kappa shape index (κ3) is 3.65. The van der Waals surface area contributed by atoms with E-state index >= 15 is 0 Å². The monoisotopic (exact) mass is 280 g/mol. The van der Waals surface area contributed by atoms with E-state index < -0.39 is 0 Å². The Morgan fingerprint density at radius 3 is 3.05 bits per heavy atom. The summed E-state index contributed by atoms with van der Waals surface area (Å²) in [4.78, 5) is 2.73. The van der Waals surface area contributed by atoms with Gasteiger partial charge in [0.05, 0.1) is 13.7 Å². The standard InChI is InChI=1S/C14H20N2O2S/c1-10-3-4-12(17-2)11(7-10)8-16-5-6-18-13(9-16)14(15)19/h3-4,7,13H,5-6,8-9H2,1-2H3,(H2,15,19). The minimum atomic E-state index is -0.139. The van der Waals surface area contributed by atoms with Crippen LogP contribution in [-0.4, -0.2) is 42.8 Å². The van der Waals surface area contributed by atoms with Crippen molar-refractivity contribution in [3.8, 4) is 5.75 Å². The molecule has 1 atom stereocenters. The van der Waals surface area contributed by atoms with Crippen LogP contribution in [0.1, 0.15) is 11.1 Å². The lowest BCUT2D eigenvalue weighted by atomic mass is 10.1. The van der Waals surface area contributed by atoms with Crippen molar-refractivity contribution in [1.29, 1.82) is 0 Å². The molecule has 19 heavy (non-hydrogen) atoms. The average molecular weight is 280 g/mol. The van der Waals surface area contributed by atoms with Gasteiger partial charge in [-0.2, -0.15) is 0 Å². The fourth-order valence-corrected chi connectivity index (χ4v) is 2.43. The van der Waals surface area contributed by atoms with E-state index in [4.69, 9.17) is 27.4 Å². The molecule has 0 amide bonds. The molecule has 1 saturated heterocycles. The Morgan fingerprint density at radius 1 is 1.58 bits per heavy atom. The van der Waals surface area contributed by atoms with E-state index in [2.05, 4.69) is 24.0 Å². The Labute approximate surface area is 119 Å². The van der Waals surface area contributed by atoms with Gasteiger partial charge in [-0.15, -0.1) is 0 Å². The summed E-state index contributed by atoms with van der Waals surface area (Å²) in [5.74, 6) is 0.920. The number of hydrogen-bond donors (Lipinski definition) is 1. The summed E-state index contributed by atoms with van der Waals surface area (Å²) in [6.07, 6.45) is -0.139. The highest BCUT2D eigenvalue weighted by Crippen LogP contribution is 2.22. The molecule has 1 aliphatic rings. The number of nitrogens with two attached hydrogens (primary N) is 1. The molecule has 4 nitrogen and oxygen atoms in total. The number of benzene rings is 1. The van der Waals surface area contributed by atoms with Gasteiger partial charge in [0.25, 0.3) is 0 Å². The molecule has 1 aliphatic heterocycles. The van der Waals surface area contributed by atoms with Gasteiger partial charge in [0, 0.05) is 25.2 Å². The van der Waals surface area contributed by atoms with Crippen LogP contribution in [0.5, 0.6) is 5.75 Å². The molecule has 0 spiro atoms. The second-order valence-corrected chi connectivity index (χ2v) is 5.28. The minimum absolute atomic E-state index is 0.139. The summed E-state index contributed by atoms with van der Waals surface area (Å²) in [6, 6.07) is 6.22. The number of rotatable bonds is 4. The van der Waals surface area contributed by atoms with Crippen LogP contribution in [0.2, 0.25) is 0 Å². The number of thiocarbonyl (C=S) groups is 1. The predicted octanol–water partition coefficient (Wildman–Crippen LogP) is 1.49. The maximum Gasteiger partial charge on any atom is 0.123 e. The van der Waals surface area contributed by atoms with Gasteiger partial charge in [-0.1, -0.05) is 29.9 Å². The van der Waals surface area contributed by atoms with Crippen LogP contribution in [0.15, 0.2) is 18.2 Å². The molecule has 1 heterocycles. The molecule has 2 rings (SSSR count). The van der Waals surface area contributed by atoms with Crippen molar-refractivity contribution in [2.24, 2.45) is 5.73 Å². The molecule has 0 bridgehead atoms. The average Bonchev–Trinajstić information content (AvgIpc) is 2.39. The molecule has 1 aromatic rings. The number of morpholine rings is 1. The molecule has 1 unspecified atom stereocenters. The molecule has 5 heteroatoms. The van der Waals surface area contributed by atoms with Crippen molar-refractivity contribution >= 4 is 17.2 Å². The summed E-state index contributed by atoms with van der Waals surface area (Å²) < 4.78 is 11.0. The zero-order valence-corrected chi connectivity index (χ0v) is 12.2. The molecule has 2 N–H and O–H groups in total. The lowest BCUT2D eigenvalue weighted by Gasteiger charge is -2.32. The van der Waals surface area contributed by atoms with Crippen LogP contribution in [0.25, 0.3) is 0 Å². The van der Waals surface area contributed by atoms with Crippen LogP contribution in [0.3, 0.4) is 0 Å². The molecule has 0 aliphatic carbocycles. The Hall–Kier alpha value is -1.17. The van der Waals surface area contributed by atoms with E-state index in [1.807, 2.05) is 6.07 Å². The van der Waals surface area contributed by atoms with Crippen LogP contribution in [-0.2, 0) is 11.3 Å². The van der Waals surface area contributed by atoms with E-state index in [1.165, 1.54) is 11.1 Å². The summed E-state index contributed by atoms with van der Waals surface area (Å²) >= 11 is 5.00.